The molecule has 0 atom stereocenters. The van der Waals surface area contributed by atoms with Crippen LogP contribution in [0, 0.1) is 0 Å². The van der Waals surface area contributed by atoms with Crippen LogP contribution in [0.25, 0.3) is 32.3 Å². The van der Waals surface area contributed by atoms with E-state index >= 15 is 0 Å². The fraction of sp³-hybridized carbons (Fsp3) is 0. The molecular weight excluding hydrogens is 352 g/mol. The summed E-state index contributed by atoms with van der Waals surface area (Å²) in [5, 5.41) is 3.02. The van der Waals surface area contributed by atoms with Gasteiger partial charge in [0.1, 0.15) is 9.79 Å². The van der Waals surface area contributed by atoms with Gasteiger partial charge in [-0.2, -0.15) is 16.8 Å². The fourth-order valence-electron chi connectivity index (χ4n) is 3.20. The molecule has 0 heterocycles. The zero-order chi connectivity index (χ0) is 17.3. The van der Waals surface area contributed by atoms with E-state index in [2.05, 4.69) is 0 Å². The maximum absolute atomic E-state index is 11.6. The first-order valence-electron chi connectivity index (χ1n) is 6.83. The summed E-state index contributed by atoms with van der Waals surface area (Å²) in [7, 11) is -8.87. The highest BCUT2D eigenvalue weighted by molar-refractivity contribution is 7.86. The maximum Gasteiger partial charge on any atom is 0.295 e. The molecule has 0 aromatic heterocycles. The van der Waals surface area contributed by atoms with Gasteiger partial charge in [0.25, 0.3) is 20.2 Å². The average Bonchev–Trinajstić information content (AvgIpc) is 2.50. The Hall–Kier alpha value is -2.26. The van der Waals surface area contributed by atoms with Crippen LogP contribution in [-0.2, 0) is 20.2 Å². The Labute approximate surface area is 137 Å². The standard InChI is InChI=1S/C16H10O6S2/c17-23(18,19)13-7-3-9-1-2-10-4-8-14(24(20,21)22)12-6-5-11(13)15(9)16(10)12/h1-8H,(H,17,18,19)(H,20,21,22). The molecule has 0 aliphatic rings. The van der Waals surface area contributed by atoms with Crippen LogP contribution in [-0.4, -0.2) is 25.9 Å². The van der Waals surface area contributed by atoms with Crippen molar-refractivity contribution >= 4 is 52.6 Å². The van der Waals surface area contributed by atoms with E-state index in [0.717, 1.165) is 0 Å². The van der Waals surface area contributed by atoms with E-state index in [0.29, 0.717) is 32.3 Å². The molecule has 4 aromatic carbocycles. The Kier molecular flexibility index (Phi) is 2.95. The van der Waals surface area contributed by atoms with Crippen LogP contribution >= 0.6 is 0 Å². The summed E-state index contributed by atoms with van der Waals surface area (Å²) in [5.41, 5.74) is 0. The Balaban J connectivity index is 2.36. The number of rotatable bonds is 2. The molecule has 0 radical (unpaired) electrons. The third kappa shape index (κ3) is 2.08. The molecule has 0 unspecified atom stereocenters. The molecule has 24 heavy (non-hydrogen) atoms. The predicted octanol–water partition coefficient (Wildman–Crippen LogP) is 3.08. The van der Waals surface area contributed by atoms with Crippen LogP contribution in [0.15, 0.2) is 58.3 Å². The van der Waals surface area contributed by atoms with Gasteiger partial charge in [-0.15, -0.1) is 0 Å². The summed E-state index contributed by atoms with van der Waals surface area (Å²) < 4.78 is 65.4. The van der Waals surface area contributed by atoms with Gasteiger partial charge in [-0.3, -0.25) is 9.11 Å². The van der Waals surface area contributed by atoms with E-state index in [1.807, 2.05) is 0 Å². The van der Waals surface area contributed by atoms with Crippen LogP contribution < -0.4 is 0 Å². The molecule has 8 heteroatoms. The van der Waals surface area contributed by atoms with Crippen molar-refractivity contribution in [2.24, 2.45) is 0 Å². The lowest BCUT2D eigenvalue weighted by atomic mass is 9.94. The first-order chi connectivity index (χ1) is 11.2. The minimum absolute atomic E-state index is 0.248. The third-order valence-corrected chi connectivity index (χ3v) is 5.96. The summed E-state index contributed by atoms with van der Waals surface area (Å²) in [6, 6.07) is 12.1. The van der Waals surface area contributed by atoms with E-state index in [9.17, 15) is 25.9 Å². The third-order valence-electron chi connectivity index (χ3n) is 4.14. The van der Waals surface area contributed by atoms with Crippen molar-refractivity contribution in [1.29, 1.82) is 0 Å². The van der Waals surface area contributed by atoms with Crippen molar-refractivity contribution in [2.75, 3.05) is 0 Å². The van der Waals surface area contributed by atoms with Gasteiger partial charge in [0, 0.05) is 10.8 Å². The van der Waals surface area contributed by atoms with Crippen LogP contribution in [0.1, 0.15) is 0 Å². The normalized spacial score (nSPS) is 13.2. The van der Waals surface area contributed by atoms with Crippen LogP contribution in [0.4, 0.5) is 0 Å². The van der Waals surface area contributed by atoms with E-state index in [-0.39, 0.29) is 9.79 Å². The lowest BCUT2D eigenvalue weighted by Gasteiger charge is -2.14. The summed E-state index contributed by atoms with van der Waals surface area (Å²) in [6.07, 6.45) is 0. The first kappa shape index (κ1) is 15.3. The van der Waals surface area contributed by atoms with Gasteiger partial charge in [0.2, 0.25) is 0 Å². The molecule has 0 aliphatic heterocycles. The molecule has 2 N–H and O–H groups in total. The SMILES string of the molecule is O=S(=O)(O)c1ccc2ccc3ccc(S(=O)(=O)O)c4ccc1c2c34. The Morgan fingerprint density at radius 2 is 0.875 bits per heavy atom. The van der Waals surface area contributed by atoms with Crippen molar-refractivity contribution in [3.8, 4) is 0 Å². The second-order valence-electron chi connectivity index (χ2n) is 5.50. The van der Waals surface area contributed by atoms with Crippen molar-refractivity contribution < 1.29 is 25.9 Å². The highest BCUT2D eigenvalue weighted by Gasteiger charge is 2.21. The largest absolute Gasteiger partial charge is 0.295 e. The van der Waals surface area contributed by atoms with E-state index in [1.54, 1.807) is 24.3 Å². The quantitative estimate of drug-likeness (QED) is 0.419. The van der Waals surface area contributed by atoms with E-state index in [1.165, 1.54) is 24.3 Å². The molecule has 122 valence electrons. The fourth-order valence-corrected chi connectivity index (χ4v) is 4.57. The predicted molar refractivity (Wildman–Crippen MR) is 89.8 cm³/mol. The molecule has 4 aromatic rings. The first-order valence-corrected chi connectivity index (χ1v) is 9.71. The lowest BCUT2D eigenvalue weighted by Crippen LogP contribution is -2.02. The summed E-state index contributed by atoms with van der Waals surface area (Å²) >= 11 is 0. The zero-order valence-corrected chi connectivity index (χ0v) is 13.6. The molecule has 0 saturated heterocycles. The molecule has 0 spiro atoms. The second-order valence-corrected chi connectivity index (χ2v) is 8.28. The number of hydrogen-bond acceptors (Lipinski definition) is 4. The average molecular weight is 362 g/mol. The Bertz CT molecular complexity index is 1230. The van der Waals surface area contributed by atoms with E-state index < -0.39 is 20.2 Å². The topological polar surface area (TPSA) is 109 Å². The van der Waals surface area contributed by atoms with Crippen LogP contribution in [0.2, 0.25) is 0 Å². The summed E-state index contributed by atoms with van der Waals surface area (Å²) in [5.74, 6) is 0. The Morgan fingerprint density at radius 1 is 0.542 bits per heavy atom. The minimum atomic E-state index is -4.43. The molecule has 0 saturated carbocycles. The van der Waals surface area contributed by atoms with Crippen molar-refractivity contribution in [3.05, 3.63) is 48.5 Å². The van der Waals surface area contributed by atoms with Crippen LogP contribution in [0.3, 0.4) is 0 Å². The van der Waals surface area contributed by atoms with Gasteiger partial charge in [-0.1, -0.05) is 36.4 Å². The highest BCUT2D eigenvalue weighted by atomic mass is 32.2. The zero-order valence-electron chi connectivity index (χ0n) is 12.0. The molecular formula is C16H10O6S2. The van der Waals surface area contributed by atoms with Crippen LogP contribution in [0.5, 0.6) is 0 Å². The van der Waals surface area contributed by atoms with Crippen molar-refractivity contribution in [2.45, 2.75) is 9.79 Å². The summed E-state index contributed by atoms with van der Waals surface area (Å²) in [6.45, 7) is 0. The second kappa shape index (κ2) is 4.64. The van der Waals surface area contributed by atoms with Gasteiger partial charge in [0.15, 0.2) is 0 Å². The van der Waals surface area contributed by atoms with Crippen molar-refractivity contribution in [3.63, 3.8) is 0 Å². The minimum Gasteiger partial charge on any atom is -0.282 e. The van der Waals surface area contributed by atoms with Gasteiger partial charge in [0.05, 0.1) is 0 Å². The molecule has 0 fully saturated rings. The number of hydrogen-bond donors (Lipinski definition) is 2. The monoisotopic (exact) mass is 362 g/mol. The molecule has 0 amide bonds. The summed E-state index contributed by atoms with van der Waals surface area (Å²) in [4.78, 5) is -0.497. The lowest BCUT2D eigenvalue weighted by molar-refractivity contribution is 0.482. The molecule has 0 aliphatic carbocycles. The van der Waals surface area contributed by atoms with E-state index in [4.69, 9.17) is 0 Å². The number of benzene rings is 4. The maximum atomic E-state index is 11.6. The molecule has 6 nitrogen and oxygen atoms in total. The van der Waals surface area contributed by atoms with Gasteiger partial charge < -0.3 is 0 Å². The van der Waals surface area contributed by atoms with Crippen molar-refractivity contribution in [1.82, 2.24) is 0 Å². The highest BCUT2D eigenvalue weighted by Crippen LogP contribution is 2.39. The van der Waals surface area contributed by atoms with Gasteiger partial charge in [-0.05, 0) is 33.7 Å². The van der Waals surface area contributed by atoms with Gasteiger partial charge in [-0.25, -0.2) is 0 Å². The smallest absolute Gasteiger partial charge is 0.282 e. The Morgan fingerprint density at radius 3 is 1.21 bits per heavy atom. The van der Waals surface area contributed by atoms with Gasteiger partial charge >= 0.3 is 0 Å². The molecule has 0 bridgehead atoms. The molecule has 4 rings (SSSR count).